The topological polar surface area (TPSA) is 68.3 Å². The molecule has 7 heteroatoms. The summed E-state index contributed by atoms with van der Waals surface area (Å²) in [5, 5.41) is 3.23. The van der Waals surface area contributed by atoms with Crippen LogP contribution >= 0.6 is 11.3 Å². The van der Waals surface area contributed by atoms with Crippen LogP contribution in [0.5, 0.6) is 5.75 Å². The van der Waals surface area contributed by atoms with Gasteiger partial charge in [-0.15, -0.1) is 11.3 Å². The number of carbonyl (C=O) groups is 2. The zero-order chi connectivity index (χ0) is 20.1. The highest BCUT2D eigenvalue weighted by Gasteiger charge is 2.14. The Morgan fingerprint density at radius 2 is 1.75 bits per heavy atom. The quantitative estimate of drug-likeness (QED) is 0.577. The molecule has 0 bridgehead atoms. The second-order valence-corrected chi connectivity index (χ2v) is 7.33. The minimum absolute atomic E-state index is 0.0344. The van der Waals surface area contributed by atoms with Gasteiger partial charge in [-0.1, -0.05) is 0 Å². The third kappa shape index (κ3) is 4.80. The molecule has 0 aliphatic carbocycles. The van der Waals surface area contributed by atoms with Crippen molar-refractivity contribution < 1.29 is 18.7 Å². The van der Waals surface area contributed by atoms with Gasteiger partial charge in [0.15, 0.2) is 10.9 Å². The van der Waals surface area contributed by atoms with Crippen LogP contribution in [0.4, 0.5) is 9.52 Å². The lowest BCUT2D eigenvalue weighted by molar-refractivity contribution is -0.116. The Hall–Kier alpha value is -3.06. The molecule has 1 amide bonds. The molecule has 28 heavy (non-hydrogen) atoms. The van der Waals surface area contributed by atoms with Crippen LogP contribution in [0.1, 0.15) is 28.1 Å². The van der Waals surface area contributed by atoms with Crippen LogP contribution in [0.2, 0.25) is 0 Å². The highest BCUT2D eigenvalue weighted by molar-refractivity contribution is 7.16. The van der Waals surface area contributed by atoms with Crippen molar-refractivity contribution in [3.05, 3.63) is 64.8 Å². The third-order valence-corrected chi connectivity index (χ3v) is 5.04. The molecule has 1 N–H and O–H groups in total. The van der Waals surface area contributed by atoms with E-state index < -0.39 is 5.82 Å². The SMILES string of the molecule is COc1ccc(-c2nc(NC(=O)CCC(=O)c3ccc(F)cc3)sc2C)cc1. The van der Waals surface area contributed by atoms with E-state index in [9.17, 15) is 14.0 Å². The number of rotatable bonds is 7. The average molecular weight is 398 g/mol. The summed E-state index contributed by atoms with van der Waals surface area (Å²) >= 11 is 1.38. The van der Waals surface area contributed by atoms with Crippen molar-refractivity contribution in [1.82, 2.24) is 4.98 Å². The van der Waals surface area contributed by atoms with Crippen LogP contribution in [-0.2, 0) is 4.79 Å². The van der Waals surface area contributed by atoms with Crippen molar-refractivity contribution in [2.45, 2.75) is 19.8 Å². The minimum atomic E-state index is -0.402. The van der Waals surface area contributed by atoms with Crippen LogP contribution < -0.4 is 10.1 Å². The summed E-state index contributed by atoms with van der Waals surface area (Å²) in [4.78, 5) is 29.7. The molecule has 1 aromatic heterocycles. The molecular formula is C21H19FN2O3S. The Bertz CT molecular complexity index is 982. The van der Waals surface area contributed by atoms with Gasteiger partial charge in [-0.05, 0) is 55.5 Å². The van der Waals surface area contributed by atoms with E-state index in [-0.39, 0.29) is 24.5 Å². The van der Waals surface area contributed by atoms with Gasteiger partial charge >= 0.3 is 0 Å². The van der Waals surface area contributed by atoms with Gasteiger partial charge in [0.25, 0.3) is 0 Å². The van der Waals surface area contributed by atoms with Gasteiger partial charge in [0.05, 0.1) is 12.8 Å². The van der Waals surface area contributed by atoms with Crippen LogP contribution in [0.15, 0.2) is 48.5 Å². The number of ketones is 1. The molecule has 0 atom stereocenters. The highest BCUT2D eigenvalue weighted by Crippen LogP contribution is 2.31. The molecule has 2 aromatic carbocycles. The number of aromatic nitrogens is 1. The van der Waals surface area contributed by atoms with Crippen molar-refractivity contribution in [2.24, 2.45) is 0 Å². The number of ether oxygens (including phenoxy) is 1. The minimum Gasteiger partial charge on any atom is -0.497 e. The molecule has 1 heterocycles. The van der Waals surface area contributed by atoms with Crippen LogP contribution in [-0.4, -0.2) is 23.8 Å². The number of aryl methyl sites for hydroxylation is 1. The second-order valence-electron chi connectivity index (χ2n) is 6.13. The van der Waals surface area contributed by atoms with Crippen molar-refractivity contribution in [1.29, 1.82) is 0 Å². The molecule has 0 unspecified atom stereocenters. The molecule has 0 radical (unpaired) electrons. The van der Waals surface area contributed by atoms with Gasteiger partial charge in [0.1, 0.15) is 11.6 Å². The lowest BCUT2D eigenvalue weighted by Crippen LogP contribution is -2.13. The number of carbonyl (C=O) groups excluding carboxylic acids is 2. The lowest BCUT2D eigenvalue weighted by Gasteiger charge is -2.03. The number of nitrogens with one attached hydrogen (secondary N) is 1. The number of methoxy groups -OCH3 is 1. The molecule has 3 aromatic rings. The smallest absolute Gasteiger partial charge is 0.226 e. The molecule has 0 fully saturated rings. The number of hydrogen-bond acceptors (Lipinski definition) is 5. The maximum atomic E-state index is 12.9. The fraction of sp³-hybridized carbons (Fsp3) is 0.190. The van der Waals surface area contributed by atoms with Gasteiger partial charge in [0.2, 0.25) is 5.91 Å². The number of amides is 1. The van der Waals surface area contributed by atoms with E-state index in [1.165, 1.54) is 35.6 Å². The summed E-state index contributed by atoms with van der Waals surface area (Å²) in [5.41, 5.74) is 2.12. The summed E-state index contributed by atoms with van der Waals surface area (Å²) in [5.74, 6) is -0.132. The highest BCUT2D eigenvalue weighted by atomic mass is 32.1. The van der Waals surface area contributed by atoms with Gasteiger partial charge in [-0.3, -0.25) is 9.59 Å². The largest absolute Gasteiger partial charge is 0.497 e. The maximum absolute atomic E-state index is 12.9. The van der Waals surface area contributed by atoms with Crippen molar-refractivity contribution in [3.63, 3.8) is 0 Å². The van der Waals surface area contributed by atoms with E-state index in [2.05, 4.69) is 10.3 Å². The average Bonchev–Trinajstić information content (AvgIpc) is 3.06. The zero-order valence-corrected chi connectivity index (χ0v) is 16.3. The van der Waals surface area contributed by atoms with Crippen LogP contribution in [0.25, 0.3) is 11.3 Å². The summed E-state index contributed by atoms with van der Waals surface area (Å²) in [6.07, 6.45) is 0.0832. The van der Waals surface area contributed by atoms with Crippen LogP contribution in [0.3, 0.4) is 0 Å². The summed E-state index contributed by atoms with van der Waals surface area (Å²) in [7, 11) is 1.61. The Balaban J connectivity index is 1.59. The third-order valence-electron chi connectivity index (χ3n) is 4.15. The zero-order valence-electron chi connectivity index (χ0n) is 15.5. The van der Waals surface area contributed by atoms with Gasteiger partial charge in [-0.2, -0.15) is 0 Å². The molecule has 0 aliphatic rings. The fourth-order valence-corrected chi connectivity index (χ4v) is 3.51. The van der Waals surface area contributed by atoms with E-state index in [4.69, 9.17) is 4.74 Å². The lowest BCUT2D eigenvalue weighted by atomic mass is 10.1. The number of hydrogen-bond donors (Lipinski definition) is 1. The van der Waals surface area contributed by atoms with E-state index in [0.717, 1.165) is 21.9 Å². The number of nitrogens with zero attached hydrogens (tertiary/aromatic N) is 1. The van der Waals surface area contributed by atoms with Crippen molar-refractivity contribution in [2.75, 3.05) is 12.4 Å². The van der Waals surface area contributed by atoms with Gasteiger partial charge < -0.3 is 10.1 Å². The van der Waals surface area contributed by atoms with E-state index in [1.54, 1.807) is 7.11 Å². The predicted octanol–water partition coefficient (Wildman–Crippen LogP) is 4.87. The van der Waals surface area contributed by atoms with E-state index >= 15 is 0 Å². The normalized spacial score (nSPS) is 10.5. The molecule has 0 spiro atoms. The Morgan fingerprint density at radius 3 is 2.39 bits per heavy atom. The standard InChI is InChI=1S/C21H19FN2O3S/c1-13-20(15-5-9-17(27-2)10-6-15)24-21(28-13)23-19(26)12-11-18(25)14-3-7-16(22)8-4-14/h3-10H,11-12H2,1-2H3,(H,23,24,26). The van der Waals surface area contributed by atoms with E-state index in [0.29, 0.717) is 10.7 Å². The summed E-state index contributed by atoms with van der Waals surface area (Å²) in [6.45, 7) is 1.94. The first kappa shape index (κ1) is 19.7. The van der Waals surface area contributed by atoms with Crippen molar-refractivity contribution >= 4 is 28.2 Å². The first-order valence-electron chi connectivity index (χ1n) is 8.66. The first-order chi connectivity index (χ1) is 13.5. The molecule has 144 valence electrons. The number of anilines is 1. The summed E-state index contributed by atoms with van der Waals surface area (Å²) in [6, 6.07) is 12.8. The number of halogens is 1. The molecule has 5 nitrogen and oxygen atoms in total. The number of benzene rings is 2. The van der Waals surface area contributed by atoms with Crippen molar-refractivity contribution in [3.8, 4) is 17.0 Å². The fourth-order valence-electron chi connectivity index (χ4n) is 2.66. The molecule has 0 aliphatic heterocycles. The van der Waals surface area contributed by atoms with E-state index in [1.807, 2.05) is 31.2 Å². The molecular weight excluding hydrogens is 379 g/mol. The van der Waals surface area contributed by atoms with Crippen LogP contribution in [0, 0.1) is 12.7 Å². The monoisotopic (exact) mass is 398 g/mol. The Morgan fingerprint density at radius 1 is 1.07 bits per heavy atom. The summed E-state index contributed by atoms with van der Waals surface area (Å²) < 4.78 is 18.1. The Kier molecular flexibility index (Phi) is 6.16. The molecule has 0 saturated carbocycles. The second kappa shape index (κ2) is 8.75. The van der Waals surface area contributed by atoms with Gasteiger partial charge in [0, 0.05) is 28.8 Å². The Labute approximate surface area is 166 Å². The maximum Gasteiger partial charge on any atom is 0.226 e. The molecule has 0 saturated heterocycles. The van der Waals surface area contributed by atoms with Gasteiger partial charge in [-0.25, -0.2) is 9.37 Å². The number of thiazole rings is 1. The number of Topliss-reactive ketones (excluding diaryl/α,β-unsaturated/α-hetero) is 1. The molecule has 3 rings (SSSR count). The first-order valence-corrected chi connectivity index (χ1v) is 9.48. The predicted molar refractivity (Wildman–Crippen MR) is 107 cm³/mol.